The highest BCUT2D eigenvalue weighted by atomic mass is 16.3. The number of anilines is 3. The molecule has 0 saturated carbocycles. The molecule has 11 rings (SSSR count). The van der Waals surface area contributed by atoms with Crippen molar-refractivity contribution in [3.05, 3.63) is 200 Å². The Balaban J connectivity index is 1.00. The lowest BCUT2D eigenvalue weighted by Crippen LogP contribution is -2.10. The fourth-order valence-corrected chi connectivity index (χ4v) is 8.06. The van der Waals surface area contributed by atoms with Crippen LogP contribution in [-0.4, -0.2) is 0 Å². The lowest BCUT2D eigenvalue weighted by molar-refractivity contribution is 0.668. The second-order valence-electron chi connectivity index (χ2n) is 14.2. The molecule has 258 valence electrons. The molecule has 0 radical (unpaired) electrons. The van der Waals surface area contributed by atoms with Crippen LogP contribution in [0.4, 0.5) is 17.1 Å². The van der Waals surface area contributed by atoms with Crippen LogP contribution in [0.2, 0.25) is 0 Å². The minimum Gasteiger partial charge on any atom is -0.456 e. The van der Waals surface area contributed by atoms with E-state index in [9.17, 15) is 0 Å². The Bertz CT molecular complexity index is 3210. The molecule has 2 heterocycles. The molecule has 0 aliphatic carbocycles. The molecule has 0 aliphatic heterocycles. The lowest BCUT2D eigenvalue weighted by atomic mass is 9.99. The maximum Gasteiger partial charge on any atom is 0.136 e. The Morgan fingerprint density at radius 1 is 0.255 bits per heavy atom. The van der Waals surface area contributed by atoms with Crippen molar-refractivity contribution < 1.29 is 8.83 Å². The second kappa shape index (κ2) is 12.6. The van der Waals surface area contributed by atoms with Crippen molar-refractivity contribution in [3.8, 4) is 33.4 Å². The fourth-order valence-electron chi connectivity index (χ4n) is 8.06. The van der Waals surface area contributed by atoms with Crippen LogP contribution in [0.3, 0.4) is 0 Å². The smallest absolute Gasteiger partial charge is 0.136 e. The first-order valence-electron chi connectivity index (χ1n) is 18.6. The Labute approximate surface area is 317 Å². The monoisotopic (exact) mass is 703 g/mol. The van der Waals surface area contributed by atoms with Gasteiger partial charge in [0.05, 0.1) is 0 Å². The second-order valence-corrected chi connectivity index (χ2v) is 14.2. The van der Waals surface area contributed by atoms with E-state index in [0.29, 0.717) is 0 Å². The minimum atomic E-state index is 0.854. The summed E-state index contributed by atoms with van der Waals surface area (Å²) in [7, 11) is 0. The third-order valence-electron chi connectivity index (χ3n) is 10.8. The van der Waals surface area contributed by atoms with Crippen LogP contribution in [0.5, 0.6) is 0 Å². The average molecular weight is 704 g/mol. The van der Waals surface area contributed by atoms with Gasteiger partial charge in [-0.3, -0.25) is 0 Å². The zero-order chi connectivity index (χ0) is 36.3. The number of rotatable bonds is 6. The van der Waals surface area contributed by atoms with E-state index in [4.69, 9.17) is 8.83 Å². The van der Waals surface area contributed by atoms with Gasteiger partial charge in [-0.1, -0.05) is 127 Å². The topological polar surface area (TPSA) is 29.5 Å². The van der Waals surface area contributed by atoms with E-state index in [0.717, 1.165) is 77.6 Å². The summed E-state index contributed by atoms with van der Waals surface area (Å²) in [6.45, 7) is 0. The maximum atomic E-state index is 6.53. The van der Waals surface area contributed by atoms with Gasteiger partial charge in [0.25, 0.3) is 0 Å². The normalized spacial score (nSPS) is 11.6. The molecule has 0 fully saturated rings. The van der Waals surface area contributed by atoms with E-state index in [1.165, 1.54) is 27.5 Å². The number of hydrogen-bond acceptors (Lipinski definition) is 3. The predicted molar refractivity (Wildman–Crippen MR) is 229 cm³/mol. The molecule has 0 N–H and O–H groups in total. The van der Waals surface area contributed by atoms with Gasteiger partial charge in [0.2, 0.25) is 0 Å². The molecule has 0 aliphatic rings. The Morgan fingerprint density at radius 2 is 0.764 bits per heavy atom. The molecule has 0 spiro atoms. The maximum absolute atomic E-state index is 6.53. The summed E-state index contributed by atoms with van der Waals surface area (Å²) >= 11 is 0. The molecule has 3 heteroatoms. The van der Waals surface area contributed by atoms with Crippen molar-refractivity contribution in [2.75, 3.05) is 4.90 Å². The van der Waals surface area contributed by atoms with E-state index >= 15 is 0 Å². The summed E-state index contributed by atoms with van der Waals surface area (Å²) in [5.74, 6) is 0. The number of fused-ring (bicyclic) bond motifs is 7. The van der Waals surface area contributed by atoms with Crippen LogP contribution in [0, 0.1) is 0 Å². The SMILES string of the molecule is c1ccc(-c2ccc(-c3cccc(N(c4ccc5ccccc5c4)c4ccc5oc6cc(-c7ccc8c(c7)oc7ccccc78)ccc6c5c4)c3)cc2)cc1. The van der Waals surface area contributed by atoms with Gasteiger partial charge >= 0.3 is 0 Å². The van der Waals surface area contributed by atoms with Gasteiger partial charge < -0.3 is 13.7 Å². The fraction of sp³-hybridized carbons (Fsp3) is 0. The standard InChI is InChI=1S/C52H33NO2/c1-2-9-34(10-3-1)36-17-19-37(20-18-36)39-13-8-14-42(29-39)53(43-24-21-35-11-4-5-12-38(35)30-43)44-25-28-50-48(33-44)47-27-23-41(32-52(47)55-50)40-22-26-46-45-15-6-7-16-49(45)54-51(46)31-40/h1-33H. The summed E-state index contributed by atoms with van der Waals surface area (Å²) in [5.41, 5.74) is 13.6. The van der Waals surface area contributed by atoms with Crippen LogP contribution in [0.25, 0.3) is 88.0 Å². The van der Waals surface area contributed by atoms with Gasteiger partial charge in [0, 0.05) is 38.6 Å². The first-order chi connectivity index (χ1) is 27.2. The Kier molecular flexibility index (Phi) is 7.17. The minimum absolute atomic E-state index is 0.854. The molecule has 0 saturated heterocycles. The first kappa shape index (κ1) is 31.2. The van der Waals surface area contributed by atoms with Gasteiger partial charge in [-0.05, 0) is 117 Å². The largest absolute Gasteiger partial charge is 0.456 e. The van der Waals surface area contributed by atoms with E-state index in [1.54, 1.807) is 0 Å². The van der Waals surface area contributed by atoms with Gasteiger partial charge in [-0.2, -0.15) is 0 Å². The number of nitrogens with zero attached hydrogens (tertiary/aromatic N) is 1. The van der Waals surface area contributed by atoms with E-state index < -0.39 is 0 Å². The van der Waals surface area contributed by atoms with Crippen LogP contribution in [0.15, 0.2) is 209 Å². The molecule has 0 amide bonds. The first-order valence-corrected chi connectivity index (χ1v) is 18.6. The summed E-state index contributed by atoms with van der Waals surface area (Å²) < 4.78 is 12.7. The highest BCUT2D eigenvalue weighted by Gasteiger charge is 2.18. The summed E-state index contributed by atoms with van der Waals surface area (Å²) in [6.07, 6.45) is 0. The number of benzene rings is 9. The predicted octanol–water partition coefficient (Wildman–Crippen LogP) is 15.1. The average Bonchev–Trinajstić information content (AvgIpc) is 3.81. The third kappa shape index (κ3) is 5.45. The van der Waals surface area contributed by atoms with Crippen LogP contribution < -0.4 is 4.90 Å². The quantitative estimate of drug-likeness (QED) is 0.173. The van der Waals surface area contributed by atoms with E-state index in [2.05, 4.69) is 193 Å². The van der Waals surface area contributed by atoms with Crippen LogP contribution >= 0.6 is 0 Å². The number of furan rings is 2. The van der Waals surface area contributed by atoms with Crippen LogP contribution in [0.1, 0.15) is 0 Å². The summed E-state index contributed by atoms with van der Waals surface area (Å²) in [5, 5.41) is 6.82. The molecule has 0 atom stereocenters. The summed E-state index contributed by atoms with van der Waals surface area (Å²) in [4.78, 5) is 2.35. The van der Waals surface area contributed by atoms with Crippen molar-refractivity contribution in [3.63, 3.8) is 0 Å². The third-order valence-corrected chi connectivity index (χ3v) is 10.8. The Hall–Kier alpha value is -7.36. The molecule has 0 unspecified atom stereocenters. The van der Waals surface area contributed by atoms with Crippen LogP contribution in [-0.2, 0) is 0 Å². The number of hydrogen-bond donors (Lipinski definition) is 0. The molecule has 9 aromatic carbocycles. The number of para-hydroxylation sites is 1. The van der Waals surface area contributed by atoms with Gasteiger partial charge in [-0.25, -0.2) is 0 Å². The summed E-state index contributed by atoms with van der Waals surface area (Å²) in [6, 6.07) is 71.1. The van der Waals surface area contributed by atoms with Crippen molar-refractivity contribution in [1.29, 1.82) is 0 Å². The van der Waals surface area contributed by atoms with E-state index in [1.807, 2.05) is 12.1 Å². The molecule has 11 aromatic rings. The molecule has 55 heavy (non-hydrogen) atoms. The lowest BCUT2D eigenvalue weighted by Gasteiger charge is -2.26. The zero-order valence-electron chi connectivity index (χ0n) is 29.8. The van der Waals surface area contributed by atoms with Gasteiger partial charge in [0.15, 0.2) is 0 Å². The van der Waals surface area contributed by atoms with Crippen molar-refractivity contribution in [1.82, 2.24) is 0 Å². The molecular formula is C52H33NO2. The highest BCUT2D eigenvalue weighted by Crippen LogP contribution is 2.42. The van der Waals surface area contributed by atoms with Crippen molar-refractivity contribution >= 4 is 71.7 Å². The van der Waals surface area contributed by atoms with Gasteiger partial charge in [0.1, 0.15) is 22.3 Å². The van der Waals surface area contributed by atoms with Crippen molar-refractivity contribution in [2.45, 2.75) is 0 Å². The van der Waals surface area contributed by atoms with E-state index in [-0.39, 0.29) is 0 Å². The Morgan fingerprint density at radius 3 is 1.55 bits per heavy atom. The molecule has 2 aromatic heterocycles. The zero-order valence-corrected chi connectivity index (χ0v) is 29.8. The highest BCUT2D eigenvalue weighted by molar-refractivity contribution is 6.09. The van der Waals surface area contributed by atoms with Gasteiger partial charge in [-0.15, -0.1) is 0 Å². The molecule has 3 nitrogen and oxygen atoms in total. The molecule has 0 bridgehead atoms. The van der Waals surface area contributed by atoms with Crippen molar-refractivity contribution in [2.24, 2.45) is 0 Å². The molecular weight excluding hydrogens is 671 g/mol.